The van der Waals surface area contributed by atoms with E-state index in [1.807, 2.05) is 6.07 Å². The van der Waals surface area contributed by atoms with E-state index in [1.165, 1.54) is 82.9 Å². The van der Waals surface area contributed by atoms with Crippen molar-refractivity contribution in [2.45, 2.75) is 89.8 Å². The maximum absolute atomic E-state index is 14.2. The van der Waals surface area contributed by atoms with Crippen LogP contribution in [0, 0.1) is 5.92 Å². The number of piperidine rings is 2. The van der Waals surface area contributed by atoms with Crippen molar-refractivity contribution in [1.82, 2.24) is 15.6 Å². The van der Waals surface area contributed by atoms with Crippen LogP contribution in [0.25, 0.3) is 22.2 Å². The number of aromatic nitrogens is 1. The van der Waals surface area contributed by atoms with E-state index < -0.39 is 0 Å². The molecule has 1 aromatic heterocycles. The highest BCUT2D eigenvalue weighted by molar-refractivity contribution is 6.10. The number of pyridine rings is 1. The standard InChI is InChI=1S/C36H46N4O3/c1-25(26-11-5-2-6-12-26)38-36(41)33-30-21-28(23-40(19-9-4-10-20-40)29-15-17-37-18-16-29)34(27-13-7-3-8-14-27)39-31(30)22-32-35(33)43-24-42-32/h3,7-8,13-14,21-22,25-26,29,37H,2,4-6,9-12,15-20,23-24H2,1H3/p+1/t25-/m0/s1. The van der Waals surface area contributed by atoms with Crippen molar-refractivity contribution < 1.29 is 18.8 Å². The van der Waals surface area contributed by atoms with Crippen LogP contribution in [-0.2, 0) is 6.54 Å². The van der Waals surface area contributed by atoms with Gasteiger partial charge in [-0.2, -0.15) is 0 Å². The second-order valence-electron chi connectivity index (χ2n) is 13.4. The fourth-order valence-corrected chi connectivity index (χ4v) is 8.43. The number of hydrogen-bond donors (Lipinski definition) is 2. The lowest BCUT2D eigenvalue weighted by Gasteiger charge is -2.49. The Balaban J connectivity index is 1.34. The third-order valence-electron chi connectivity index (χ3n) is 10.8. The maximum Gasteiger partial charge on any atom is 0.256 e. The van der Waals surface area contributed by atoms with Crippen molar-refractivity contribution in [2.75, 3.05) is 33.0 Å². The van der Waals surface area contributed by atoms with Crippen LogP contribution < -0.4 is 20.1 Å². The summed E-state index contributed by atoms with van der Waals surface area (Å²) in [7, 11) is 0. The number of quaternary nitrogens is 1. The molecule has 2 saturated heterocycles. The van der Waals surface area contributed by atoms with Gasteiger partial charge in [0.15, 0.2) is 11.5 Å². The summed E-state index contributed by atoms with van der Waals surface area (Å²) in [6.07, 6.45) is 12.5. The van der Waals surface area contributed by atoms with Gasteiger partial charge in [-0.1, -0.05) is 49.6 Å². The van der Waals surface area contributed by atoms with Gasteiger partial charge < -0.3 is 24.6 Å². The van der Waals surface area contributed by atoms with E-state index in [2.05, 4.69) is 54.0 Å². The number of likely N-dealkylation sites (tertiary alicyclic amines) is 1. The molecule has 2 N–H and O–H groups in total. The molecule has 4 heterocycles. The van der Waals surface area contributed by atoms with Gasteiger partial charge in [-0.15, -0.1) is 0 Å². The van der Waals surface area contributed by atoms with Crippen LogP contribution in [0.15, 0.2) is 42.5 Å². The minimum atomic E-state index is -0.0779. The van der Waals surface area contributed by atoms with E-state index in [4.69, 9.17) is 14.5 Å². The van der Waals surface area contributed by atoms with E-state index in [1.54, 1.807) is 0 Å². The Kier molecular flexibility index (Phi) is 8.28. The molecular formula is C36H47N4O3+. The van der Waals surface area contributed by atoms with Gasteiger partial charge in [0.25, 0.3) is 5.91 Å². The van der Waals surface area contributed by atoms with Crippen molar-refractivity contribution in [3.05, 3.63) is 53.6 Å². The summed E-state index contributed by atoms with van der Waals surface area (Å²) >= 11 is 0. The molecule has 228 valence electrons. The van der Waals surface area contributed by atoms with Gasteiger partial charge in [0.1, 0.15) is 6.54 Å². The number of nitrogens with zero attached hydrogens (tertiary/aromatic N) is 2. The van der Waals surface area contributed by atoms with E-state index in [0.29, 0.717) is 29.0 Å². The number of benzene rings is 2. The third kappa shape index (κ3) is 5.74. The van der Waals surface area contributed by atoms with E-state index >= 15 is 0 Å². The highest BCUT2D eigenvalue weighted by Crippen LogP contribution is 2.43. The molecular weight excluding hydrogens is 536 g/mol. The summed E-state index contributed by atoms with van der Waals surface area (Å²) in [5.41, 5.74) is 4.73. The van der Waals surface area contributed by atoms with Gasteiger partial charge in [-0.05, 0) is 51.0 Å². The number of amides is 1. The highest BCUT2D eigenvalue weighted by Gasteiger charge is 2.40. The van der Waals surface area contributed by atoms with Gasteiger partial charge in [-0.3, -0.25) is 4.79 Å². The summed E-state index contributed by atoms with van der Waals surface area (Å²) in [6.45, 7) is 7.84. The molecule has 2 aromatic carbocycles. The molecule has 7 heteroatoms. The monoisotopic (exact) mass is 583 g/mol. The molecule has 1 atom stereocenters. The Morgan fingerprint density at radius 1 is 0.977 bits per heavy atom. The first-order chi connectivity index (χ1) is 21.1. The van der Waals surface area contributed by atoms with Gasteiger partial charge in [-0.25, -0.2) is 4.98 Å². The zero-order chi connectivity index (χ0) is 29.2. The molecule has 0 unspecified atom stereocenters. The van der Waals surface area contributed by atoms with E-state index in [-0.39, 0.29) is 18.7 Å². The first kappa shape index (κ1) is 28.6. The summed E-state index contributed by atoms with van der Waals surface area (Å²) in [6, 6.07) is 15.6. The fraction of sp³-hybridized carbons (Fsp3) is 0.556. The molecule has 43 heavy (non-hydrogen) atoms. The number of nitrogens with one attached hydrogen (secondary N) is 2. The van der Waals surface area contributed by atoms with Crippen molar-refractivity contribution in [2.24, 2.45) is 5.92 Å². The lowest BCUT2D eigenvalue weighted by Crippen LogP contribution is -2.60. The Morgan fingerprint density at radius 2 is 1.72 bits per heavy atom. The van der Waals surface area contributed by atoms with Crippen molar-refractivity contribution >= 4 is 16.8 Å². The normalized spacial score (nSPS) is 21.5. The number of ether oxygens (including phenoxy) is 2. The SMILES string of the molecule is C[C@H](NC(=O)c1c2c(cc3nc(-c4ccccc4)c(C[N+]4(C5CCNCC5)CCCCC4)cc13)OCO2)C1CCCCC1. The summed E-state index contributed by atoms with van der Waals surface area (Å²) in [4.78, 5) is 19.5. The summed E-state index contributed by atoms with van der Waals surface area (Å²) in [5.74, 6) is 1.60. The predicted octanol–water partition coefficient (Wildman–Crippen LogP) is 6.58. The molecule has 3 aromatic rings. The average molecular weight is 584 g/mol. The summed E-state index contributed by atoms with van der Waals surface area (Å²) in [5, 5.41) is 7.84. The van der Waals surface area contributed by atoms with Crippen LogP contribution in [0.3, 0.4) is 0 Å². The number of rotatable bonds is 7. The second-order valence-corrected chi connectivity index (χ2v) is 13.4. The minimum Gasteiger partial charge on any atom is -0.453 e. The van der Waals surface area contributed by atoms with Crippen LogP contribution in [0.2, 0.25) is 0 Å². The molecule has 3 fully saturated rings. The second kappa shape index (κ2) is 12.4. The Labute approximate surface area is 255 Å². The molecule has 0 bridgehead atoms. The molecule has 4 aliphatic rings. The Bertz CT molecular complexity index is 1440. The molecule has 1 amide bonds. The molecule has 3 aliphatic heterocycles. The topological polar surface area (TPSA) is 72.5 Å². The highest BCUT2D eigenvalue weighted by atomic mass is 16.7. The van der Waals surface area contributed by atoms with Crippen molar-refractivity contribution in [3.63, 3.8) is 0 Å². The van der Waals surface area contributed by atoms with E-state index in [9.17, 15) is 4.79 Å². The van der Waals surface area contributed by atoms with Crippen molar-refractivity contribution in [1.29, 1.82) is 0 Å². The lowest BCUT2D eigenvalue weighted by atomic mass is 9.84. The summed E-state index contributed by atoms with van der Waals surface area (Å²) < 4.78 is 13.0. The zero-order valence-corrected chi connectivity index (χ0v) is 25.7. The molecule has 1 aliphatic carbocycles. The quantitative estimate of drug-likeness (QED) is 0.308. The van der Waals surface area contributed by atoms with Crippen LogP contribution in [0.4, 0.5) is 0 Å². The smallest absolute Gasteiger partial charge is 0.256 e. The largest absolute Gasteiger partial charge is 0.453 e. The van der Waals surface area contributed by atoms with Gasteiger partial charge in [0, 0.05) is 54.6 Å². The lowest BCUT2D eigenvalue weighted by molar-refractivity contribution is -0.968. The van der Waals surface area contributed by atoms with Crippen molar-refractivity contribution in [3.8, 4) is 22.8 Å². The first-order valence-corrected chi connectivity index (χ1v) is 16.8. The number of fused-ring (bicyclic) bond motifs is 2. The number of hydrogen-bond acceptors (Lipinski definition) is 5. The predicted molar refractivity (Wildman–Crippen MR) is 170 cm³/mol. The Morgan fingerprint density at radius 3 is 2.49 bits per heavy atom. The third-order valence-corrected chi connectivity index (χ3v) is 10.8. The van der Waals surface area contributed by atoms with Gasteiger partial charge in [0.05, 0.1) is 35.9 Å². The van der Waals surface area contributed by atoms with Crippen LogP contribution in [0.5, 0.6) is 11.5 Å². The maximum atomic E-state index is 14.2. The molecule has 0 spiro atoms. The van der Waals surface area contributed by atoms with Gasteiger partial charge >= 0.3 is 0 Å². The minimum absolute atomic E-state index is 0.0779. The van der Waals surface area contributed by atoms with Crippen LogP contribution in [0.1, 0.15) is 87.1 Å². The molecule has 7 nitrogen and oxygen atoms in total. The molecule has 1 saturated carbocycles. The zero-order valence-electron chi connectivity index (χ0n) is 25.7. The number of carbonyl (C=O) groups is 1. The van der Waals surface area contributed by atoms with Crippen LogP contribution in [-0.4, -0.2) is 60.4 Å². The van der Waals surface area contributed by atoms with Crippen LogP contribution >= 0.6 is 0 Å². The fourth-order valence-electron chi connectivity index (χ4n) is 8.43. The Hall–Kier alpha value is -3.16. The van der Waals surface area contributed by atoms with Gasteiger partial charge in [0.2, 0.25) is 6.79 Å². The van der Waals surface area contributed by atoms with E-state index in [0.717, 1.165) is 46.3 Å². The first-order valence-electron chi connectivity index (χ1n) is 16.8. The molecule has 7 rings (SSSR count). The molecule has 0 radical (unpaired) electrons. The number of carbonyl (C=O) groups excluding carboxylic acids is 1. The average Bonchev–Trinajstić information content (AvgIpc) is 3.53.